The van der Waals surface area contributed by atoms with Crippen LogP contribution in [0.25, 0.3) is 0 Å². The molecule has 0 spiro atoms. The fourth-order valence-electron chi connectivity index (χ4n) is 0.842. The van der Waals surface area contributed by atoms with Crippen LogP contribution in [0, 0.1) is 0 Å². The Morgan fingerprint density at radius 1 is 1.20 bits per heavy atom. The summed E-state index contributed by atoms with van der Waals surface area (Å²) in [6.07, 6.45) is 0. The average molecular weight is 214 g/mol. The summed E-state index contributed by atoms with van der Waals surface area (Å²) in [4.78, 5) is 1.16. The summed E-state index contributed by atoms with van der Waals surface area (Å²) >= 11 is 3.67. The topological polar surface area (TPSA) is 0 Å². The van der Waals surface area contributed by atoms with Crippen LogP contribution in [0.1, 0.15) is 0 Å². The summed E-state index contributed by atoms with van der Waals surface area (Å²) in [5.74, 6) is 0. The SMILES string of the molecule is C[As](C)c1ccccc1S. The molecule has 0 aliphatic rings. The van der Waals surface area contributed by atoms with E-state index in [-0.39, 0.29) is 0 Å². The van der Waals surface area contributed by atoms with Crippen LogP contribution in [0.4, 0.5) is 0 Å². The maximum absolute atomic E-state index is 4.37. The van der Waals surface area contributed by atoms with E-state index in [9.17, 15) is 0 Å². The second-order valence-electron chi connectivity index (χ2n) is 2.38. The van der Waals surface area contributed by atoms with Gasteiger partial charge in [-0.3, -0.25) is 0 Å². The Labute approximate surface area is 72.3 Å². The van der Waals surface area contributed by atoms with Crippen molar-refractivity contribution in [2.75, 3.05) is 0 Å². The molecule has 0 atom stereocenters. The van der Waals surface area contributed by atoms with Crippen LogP contribution in [0.2, 0.25) is 11.4 Å². The Balaban J connectivity index is 3.03. The molecule has 0 saturated carbocycles. The molecule has 0 saturated heterocycles. The Morgan fingerprint density at radius 2 is 1.80 bits per heavy atom. The molecule has 0 nitrogen and oxygen atoms in total. The van der Waals surface area contributed by atoms with Gasteiger partial charge in [-0.2, -0.15) is 0 Å². The van der Waals surface area contributed by atoms with Gasteiger partial charge in [-0.15, -0.1) is 0 Å². The predicted molar refractivity (Wildman–Crippen MR) is 50.8 cm³/mol. The van der Waals surface area contributed by atoms with Gasteiger partial charge in [-0.1, -0.05) is 0 Å². The molecule has 0 aliphatic carbocycles. The number of benzene rings is 1. The summed E-state index contributed by atoms with van der Waals surface area (Å²) < 4.78 is 1.47. The van der Waals surface area contributed by atoms with Gasteiger partial charge in [0.1, 0.15) is 0 Å². The normalized spacial score (nSPS) is 10.4. The summed E-state index contributed by atoms with van der Waals surface area (Å²) in [7, 11) is 0. The molecule has 2 heteroatoms. The first-order valence-electron chi connectivity index (χ1n) is 3.17. The van der Waals surface area contributed by atoms with Crippen LogP contribution in [-0.2, 0) is 0 Å². The Kier molecular flexibility index (Phi) is 2.88. The van der Waals surface area contributed by atoms with Gasteiger partial charge < -0.3 is 0 Å². The molecule has 0 amide bonds. The monoisotopic (exact) mass is 214 g/mol. The van der Waals surface area contributed by atoms with Crippen molar-refractivity contribution in [3.8, 4) is 0 Å². The Morgan fingerprint density at radius 3 is 2.20 bits per heavy atom. The minimum atomic E-state index is -0.706. The van der Waals surface area contributed by atoms with Crippen molar-refractivity contribution < 1.29 is 0 Å². The second-order valence-corrected chi connectivity index (χ2v) is 7.63. The maximum atomic E-state index is 4.37. The molecule has 0 aliphatic heterocycles. The minimum absolute atomic E-state index is 0.706. The number of rotatable bonds is 1. The third-order valence-corrected chi connectivity index (χ3v) is 4.98. The molecule has 0 radical (unpaired) electrons. The quantitative estimate of drug-likeness (QED) is 0.536. The molecule has 0 aromatic heterocycles. The molecule has 54 valence electrons. The van der Waals surface area contributed by atoms with E-state index < -0.39 is 14.7 Å². The van der Waals surface area contributed by atoms with E-state index in [1.165, 1.54) is 4.35 Å². The van der Waals surface area contributed by atoms with E-state index in [1.807, 2.05) is 6.07 Å². The van der Waals surface area contributed by atoms with Gasteiger partial charge in [0.15, 0.2) is 0 Å². The zero-order valence-corrected chi connectivity index (χ0v) is 8.97. The van der Waals surface area contributed by atoms with Crippen molar-refractivity contribution in [3.63, 3.8) is 0 Å². The standard InChI is InChI=1S/C8H11AsS/c1-9(2)7-5-3-4-6-8(7)10/h3-6,10H,1-2H3. The van der Waals surface area contributed by atoms with Gasteiger partial charge in [0.05, 0.1) is 0 Å². The molecular weight excluding hydrogens is 203 g/mol. The van der Waals surface area contributed by atoms with Crippen molar-refractivity contribution in [3.05, 3.63) is 24.3 Å². The number of hydrogen-bond donors (Lipinski definition) is 1. The van der Waals surface area contributed by atoms with E-state index in [4.69, 9.17) is 0 Å². The summed E-state index contributed by atoms with van der Waals surface area (Å²) in [5.41, 5.74) is 4.64. The van der Waals surface area contributed by atoms with Crippen LogP contribution >= 0.6 is 12.6 Å². The van der Waals surface area contributed by atoms with Crippen LogP contribution < -0.4 is 4.35 Å². The van der Waals surface area contributed by atoms with Crippen molar-refractivity contribution >= 4 is 31.6 Å². The van der Waals surface area contributed by atoms with Gasteiger partial charge in [0.25, 0.3) is 0 Å². The molecule has 1 rings (SSSR count). The van der Waals surface area contributed by atoms with E-state index >= 15 is 0 Å². The van der Waals surface area contributed by atoms with Gasteiger partial charge in [0.2, 0.25) is 0 Å². The van der Waals surface area contributed by atoms with Crippen molar-refractivity contribution in [1.82, 2.24) is 0 Å². The third-order valence-electron chi connectivity index (χ3n) is 1.36. The second kappa shape index (κ2) is 3.50. The zero-order valence-electron chi connectivity index (χ0n) is 6.20. The van der Waals surface area contributed by atoms with Crippen molar-refractivity contribution in [2.24, 2.45) is 0 Å². The third kappa shape index (κ3) is 1.80. The zero-order chi connectivity index (χ0) is 7.56. The summed E-state index contributed by atoms with van der Waals surface area (Å²) in [6, 6.07) is 8.36. The molecule has 1 aromatic carbocycles. The van der Waals surface area contributed by atoms with Gasteiger partial charge in [-0.05, 0) is 0 Å². The van der Waals surface area contributed by atoms with Crippen LogP contribution in [0.3, 0.4) is 0 Å². The van der Waals surface area contributed by atoms with Crippen LogP contribution in [-0.4, -0.2) is 14.7 Å². The molecule has 0 heterocycles. The molecule has 10 heavy (non-hydrogen) atoms. The fraction of sp³-hybridized carbons (Fsp3) is 0.250. The molecule has 1 aromatic rings. The van der Waals surface area contributed by atoms with Gasteiger partial charge in [-0.25, -0.2) is 0 Å². The Bertz CT molecular complexity index is 220. The first-order valence-corrected chi connectivity index (χ1v) is 8.31. The molecular formula is C8H11AsS. The number of thiol groups is 1. The van der Waals surface area contributed by atoms with Gasteiger partial charge >= 0.3 is 72.2 Å². The first kappa shape index (κ1) is 8.23. The van der Waals surface area contributed by atoms with Crippen LogP contribution in [0.5, 0.6) is 0 Å². The van der Waals surface area contributed by atoms with E-state index in [1.54, 1.807) is 0 Å². The van der Waals surface area contributed by atoms with E-state index in [0.717, 1.165) is 4.90 Å². The molecule has 0 unspecified atom stereocenters. The number of hydrogen-bond acceptors (Lipinski definition) is 1. The predicted octanol–water partition coefficient (Wildman–Crippen LogP) is 1.94. The first-order chi connectivity index (χ1) is 4.72. The average Bonchev–Trinajstić information content (AvgIpc) is 1.88. The molecule has 0 bridgehead atoms. The molecule has 0 N–H and O–H groups in total. The van der Waals surface area contributed by atoms with Crippen molar-refractivity contribution in [2.45, 2.75) is 16.3 Å². The fourth-order valence-corrected chi connectivity index (χ4v) is 3.97. The molecule has 0 fully saturated rings. The van der Waals surface area contributed by atoms with Gasteiger partial charge in [0, 0.05) is 0 Å². The van der Waals surface area contributed by atoms with E-state index in [2.05, 4.69) is 42.3 Å². The summed E-state index contributed by atoms with van der Waals surface area (Å²) in [5, 5.41) is 0. The Hall–Kier alpha value is 0.128. The van der Waals surface area contributed by atoms with E-state index in [0.29, 0.717) is 0 Å². The van der Waals surface area contributed by atoms with Crippen LogP contribution in [0.15, 0.2) is 29.2 Å². The summed E-state index contributed by atoms with van der Waals surface area (Å²) in [6.45, 7) is 0. The van der Waals surface area contributed by atoms with Crippen molar-refractivity contribution in [1.29, 1.82) is 0 Å².